The summed E-state index contributed by atoms with van der Waals surface area (Å²) in [4.78, 5) is 12.4. The van der Waals surface area contributed by atoms with E-state index in [4.69, 9.17) is 9.47 Å². The summed E-state index contributed by atoms with van der Waals surface area (Å²) in [5, 5.41) is 9.82. The molecule has 0 bridgehead atoms. The Labute approximate surface area is 136 Å². The molecule has 0 spiro atoms. The smallest absolute Gasteiger partial charge is 0.307 e. The molecule has 23 heavy (non-hydrogen) atoms. The summed E-state index contributed by atoms with van der Waals surface area (Å²) >= 11 is 0. The molecule has 1 fully saturated rings. The van der Waals surface area contributed by atoms with Gasteiger partial charge in [0.2, 0.25) is 0 Å². The van der Waals surface area contributed by atoms with Gasteiger partial charge in [0.15, 0.2) is 0 Å². The van der Waals surface area contributed by atoms with Crippen LogP contribution in [0.2, 0.25) is 0 Å². The molecule has 1 aliphatic heterocycles. The first-order valence-corrected chi connectivity index (χ1v) is 7.89. The highest BCUT2D eigenvalue weighted by Gasteiger charge is 2.51. The molecule has 1 aliphatic rings. The van der Waals surface area contributed by atoms with Gasteiger partial charge in [0.1, 0.15) is 11.4 Å². The number of hydrogen-bond donors (Lipinski definition) is 1. The van der Waals surface area contributed by atoms with Crippen molar-refractivity contribution in [2.24, 2.45) is 5.92 Å². The van der Waals surface area contributed by atoms with E-state index in [0.717, 1.165) is 0 Å². The van der Waals surface area contributed by atoms with Crippen LogP contribution in [0.3, 0.4) is 0 Å². The van der Waals surface area contributed by atoms with E-state index in [1.165, 1.54) is 6.07 Å². The number of carbonyl (C=O) groups is 1. The first-order chi connectivity index (χ1) is 10.7. The third kappa shape index (κ3) is 3.72. The van der Waals surface area contributed by atoms with Crippen molar-refractivity contribution in [1.29, 1.82) is 0 Å². The minimum atomic E-state index is -0.915. The Bertz CT molecular complexity index is 566. The summed E-state index contributed by atoms with van der Waals surface area (Å²) in [7, 11) is 0. The van der Waals surface area contributed by atoms with Gasteiger partial charge in [0.25, 0.3) is 0 Å². The van der Waals surface area contributed by atoms with Crippen molar-refractivity contribution >= 4 is 5.97 Å². The maximum Gasteiger partial charge on any atom is 0.307 e. The summed E-state index contributed by atoms with van der Waals surface area (Å²) in [6, 6.07) is 6.35. The van der Waals surface area contributed by atoms with Crippen molar-refractivity contribution < 1.29 is 23.8 Å². The van der Waals surface area contributed by atoms with Gasteiger partial charge < -0.3 is 14.6 Å². The lowest BCUT2D eigenvalue weighted by molar-refractivity contribution is -0.157. The number of hydrogen-bond acceptors (Lipinski definition) is 4. The minimum Gasteiger partial charge on any atom is -0.460 e. The molecule has 1 aromatic carbocycles. The average Bonchev–Trinajstić information content (AvgIpc) is 2.74. The Morgan fingerprint density at radius 1 is 1.43 bits per heavy atom. The predicted molar refractivity (Wildman–Crippen MR) is 84.5 cm³/mol. The first kappa shape index (κ1) is 17.9. The van der Waals surface area contributed by atoms with Gasteiger partial charge in [-0.2, -0.15) is 0 Å². The van der Waals surface area contributed by atoms with Gasteiger partial charge in [-0.05, 0) is 39.3 Å². The molecule has 4 nitrogen and oxygen atoms in total. The molecule has 0 saturated carbocycles. The number of ether oxygens (including phenoxy) is 2. The summed E-state index contributed by atoms with van der Waals surface area (Å²) in [6.07, 6.45) is -0.289. The fourth-order valence-electron chi connectivity index (χ4n) is 3.33. The zero-order valence-electron chi connectivity index (χ0n) is 14.1. The number of esters is 1. The van der Waals surface area contributed by atoms with Crippen LogP contribution in [0.4, 0.5) is 4.39 Å². The molecular formula is C18H25FO4. The van der Waals surface area contributed by atoms with E-state index in [-0.39, 0.29) is 31.7 Å². The van der Waals surface area contributed by atoms with Crippen molar-refractivity contribution in [1.82, 2.24) is 0 Å². The molecular weight excluding hydrogens is 299 g/mol. The lowest BCUT2D eigenvalue weighted by Gasteiger charge is -2.35. The normalized spacial score (nSPS) is 27.9. The number of aliphatic hydroxyl groups is 1. The van der Waals surface area contributed by atoms with Crippen LogP contribution in [0.25, 0.3) is 0 Å². The summed E-state index contributed by atoms with van der Waals surface area (Å²) in [5.74, 6) is -1.18. The number of carbonyl (C=O) groups excluding carboxylic acids is 1. The van der Waals surface area contributed by atoms with Crippen molar-refractivity contribution in [2.75, 3.05) is 13.2 Å². The molecule has 128 valence electrons. The molecule has 0 unspecified atom stereocenters. The Hall–Kier alpha value is -1.46. The Balaban J connectivity index is 2.41. The Kier molecular flexibility index (Phi) is 5.11. The quantitative estimate of drug-likeness (QED) is 0.865. The first-order valence-electron chi connectivity index (χ1n) is 7.89. The van der Waals surface area contributed by atoms with Gasteiger partial charge in [-0.3, -0.25) is 4.79 Å². The van der Waals surface area contributed by atoms with E-state index in [1.807, 2.05) is 6.92 Å². The zero-order chi connectivity index (χ0) is 17.3. The molecule has 1 heterocycles. The van der Waals surface area contributed by atoms with Gasteiger partial charge in [0.05, 0.1) is 19.1 Å². The van der Waals surface area contributed by atoms with Gasteiger partial charge >= 0.3 is 5.97 Å². The second-order valence-corrected chi connectivity index (χ2v) is 7.20. The maximum absolute atomic E-state index is 14.4. The van der Waals surface area contributed by atoms with E-state index < -0.39 is 22.8 Å². The summed E-state index contributed by atoms with van der Waals surface area (Å²) < 4.78 is 25.5. The third-order valence-electron chi connectivity index (χ3n) is 4.37. The van der Waals surface area contributed by atoms with Crippen LogP contribution in [0.1, 0.15) is 39.7 Å². The number of halogens is 1. The molecule has 0 aromatic heterocycles. The van der Waals surface area contributed by atoms with Crippen LogP contribution < -0.4 is 0 Å². The maximum atomic E-state index is 14.4. The highest BCUT2D eigenvalue weighted by atomic mass is 19.1. The monoisotopic (exact) mass is 324 g/mol. The van der Waals surface area contributed by atoms with Gasteiger partial charge in [-0.25, -0.2) is 4.39 Å². The van der Waals surface area contributed by atoms with Crippen molar-refractivity contribution in [2.45, 2.75) is 51.2 Å². The summed E-state index contributed by atoms with van der Waals surface area (Å²) in [5.41, 5.74) is -1.14. The number of benzene rings is 1. The lowest BCUT2D eigenvalue weighted by atomic mass is 9.68. The lowest BCUT2D eigenvalue weighted by Crippen LogP contribution is -2.42. The highest BCUT2D eigenvalue weighted by molar-refractivity contribution is 5.72. The SMILES string of the molecule is C[C@H]1OC[C@@](CC(=O)OC(C)(C)C)(c2ccccc2F)[C@@H]1CO. The van der Waals surface area contributed by atoms with Crippen LogP contribution in [0.15, 0.2) is 24.3 Å². The molecule has 5 heteroatoms. The Morgan fingerprint density at radius 2 is 2.09 bits per heavy atom. The standard InChI is InChI=1S/C18H25FO4/c1-12-14(10-20)18(11-22-12,9-16(21)23-17(2,3)4)13-7-5-6-8-15(13)19/h5-8,12,14,20H,9-11H2,1-4H3/t12-,14-,18+/m1/s1. The van der Waals surface area contributed by atoms with Crippen LogP contribution >= 0.6 is 0 Å². The summed E-state index contributed by atoms with van der Waals surface area (Å²) in [6.45, 7) is 7.20. The molecule has 0 radical (unpaired) electrons. The van der Waals surface area contributed by atoms with Crippen molar-refractivity contribution in [3.63, 3.8) is 0 Å². The molecule has 3 atom stereocenters. The third-order valence-corrected chi connectivity index (χ3v) is 4.37. The van der Waals surface area contributed by atoms with E-state index >= 15 is 0 Å². The predicted octanol–water partition coefficient (Wildman–Crippen LogP) is 2.82. The van der Waals surface area contributed by atoms with E-state index in [2.05, 4.69) is 0 Å². The largest absolute Gasteiger partial charge is 0.460 e. The van der Waals surface area contributed by atoms with Gasteiger partial charge in [0, 0.05) is 17.9 Å². The molecule has 1 aromatic rings. The second-order valence-electron chi connectivity index (χ2n) is 7.20. The van der Waals surface area contributed by atoms with Crippen molar-refractivity contribution in [3.8, 4) is 0 Å². The zero-order valence-corrected chi connectivity index (χ0v) is 14.1. The molecule has 0 aliphatic carbocycles. The van der Waals surface area contributed by atoms with Crippen LogP contribution in [0.5, 0.6) is 0 Å². The average molecular weight is 324 g/mol. The fraction of sp³-hybridized carbons (Fsp3) is 0.611. The Morgan fingerprint density at radius 3 is 2.65 bits per heavy atom. The minimum absolute atomic E-state index is 0.0270. The van der Waals surface area contributed by atoms with Crippen LogP contribution in [-0.4, -0.2) is 36.0 Å². The van der Waals surface area contributed by atoms with Crippen molar-refractivity contribution in [3.05, 3.63) is 35.6 Å². The van der Waals surface area contributed by atoms with Crippen LogP contribution in [-0.2, 0) is 19.7 Å². The number of rotatable bonds is 4. The van der Waals surface area contributed by atoms with E-state index in [1.54, 1.807) is 39.0 Å². The van der Waals surface area contributed by atoms with E-state index in [0.29, 0.717) is 5.56 Å². The van der Waals surface area contributed by atoms with E-state index in [9.17, 15) is 14.3 Å². The molecule has 1 N–H and O–H groups in total. The molecule has 0 amide bonds. The second kappa shape index (κ2) is 6.57. The number of aliphatic hydroxyl groups excluding tert-OH is 1. The highest BCUT2D eigenvalue weighted by Crippen LogP contribution is 2.45. The molecule has 2 rings (SSSR count). The fourth-order valence-corrected chi connectivity index (χ4v) is 3.33. The topological polar surface area (TPSA) is 55.8 Å². The van der Waals surface area contributed by atoms with Crippen LogP contribution in [0, 0.1) is 11.7 Å². The van der Waals surface area contributed by atoms with Gasteiger partial charge in [-0.1, -0.05) is 18.2 Å². The van der Waals surface area contributed by atoms with Gasteiger partial charge in [-0.15, -0.1) is 0 Å². The molecule has 1 saturated heterocycles.